The zero-order chi connectivity index (χ0) is 15.5. The van der Waals surface area contributed by atoms with Gasteiger partial charge in [0.25, 0.3) is 5.91 Å². The molecule has 0 spiro atoms. The van der Waals surface area contributed by atoms with Gasteiger partial charge in [0.15, 0.2) is 11.5 Å². The number of H-pyrrole nitrogens is 1. The smallest absolute Gasteiger partial charge is 0.251 e. The Morgan fingerprint density at radius 3 is 2.91 bits per heavy atom. The molecule has 2 aromatic heterocycles. The lowest BCUT2D eigenvalue weighted by atomic mass is 9.82. The fraction of sp³-hybridized carbons (Fsp3) is 0.214. The van der Waals surface area contributed by atoms with Crippen molar-refractivity contribution in [2.45, 2.75) is 17.8 Å². The molecule has 1 fully saturated rings. The van der Waals surface area contributed by atoms with Gasteiger partial charge in [0.1, 0.15) is 22.8 Å². The Balaban J connectivity index is 1.91. The maximum Gasteiger partial charge on any atom is 0.251 e. The van der Waals surface area contributed by atoms with Crippen molar-refractivity contribution in [2.24, 2.45) is 0 Å². The van der Waals surface area contributed by atoms with Crippen LogP contribution in [0, 0.1) is 0 Å². The lowest BCUT2D eigenvalue weighted by Gasteiger charge is -2.49. The topological polar surface area (TPSA) is 95.2 Å². The summed E-state index contributed by atoms with van der Waals surface area (Å²) in [6.07, 6.45) is 1.29. The number of halogens is 1. The van der Waals surface area contributed by atoms with Crippen molar-refractivity contribution in [3.63, 3.8) is 0 Å². The first-order valence-corrected chi connectivity index (χ1v) is 7.03. The van der Waals surface area contributed by atoms with Crippen LogP contribution in [-0.2, 0) is 10.3 Å². The third kappa shape index (κ3) is 1.43. The van der Waals surface area contributed by atoms with E-state index in [1.54, 1.807) is 31.2 Å². The molecule has 7 nitrogen and oxygen atoms in total. The normalized spacial score (nSPS) is 24.7. The van der Waals surface area contributed by atoms with Crippen LogP contribution in [0.25, 0.3) is 11.0 Å². The van der Waals surface area contributed by atoms with Crippen LogP contribution in [0.3, 0.4) is 0 Å². The van der Waals surface area contributed by atoms with E-state index in [1.807, 2.05) is 0 Å². The van der Waals surface area contributed by atoms with E-state index in [0.717, 1.165) is 0 Å². The van der Waals surface area contributed by atoms with Crippen molar-refractivity contribution >= 4 is 34.4 Å². The summed E-state index contributed by atoms with van der Waals surface area (Å²) in [6.45, 7) is 1.71. The number of nitrogens with one attached hydrogen (secondary N) is 1. The van der Waals surface area contributed by atoms with Crippen molar-refractivity contribution in [1.29, 1.82) is 0 Å². The third-order valence-electron chi connectivity index (χ3n) is 4.04. The van der Waals surface area contributed by atoms with Gasteiger partial charge in [-0.15, -0.1) is 11.6 Å². The van der Waals surface area contributed by atoms with Crippen molar-refractivity contribution in [3.8, 4) is 5.75 Å². The molecule has 2 unspecified atom stereocenters. The quantitative estimate of drug-likeness (QED) is 0.557. The molecule has 1 aliphatic rings. The van der Waals surface area contributed by atoms with E-state index in [2.05, 4.69) is 15.2 Å². The molecule has 3 heterocycles. The van der Waals surface area contributed by atoms with Crippen LogP contribution >= 0.6 is 11.6 Å². The Labute approximate surface area is 129 Å². The number of nitrogens with zero attached hydrogens (tertiary/aromatic N) is 3. The molecular formula is C14H11ClN4O3. The molecule has 0 aliphatic carbocycles. The number of para-hydroxylation sites is 1. The van der Waals surface area contributed by atoms with Gasteiger partial charge in [0.05, 0.1) is 5.39 Å². The summed E-state index contributed by atoms with van der Waals surface area (Å²) in [4.78, 5) is 17.5. The molecule has 1 aliphatic heterocycles. The van der Waals surface area contributed by atoms with E-state index >= 15 is 0 Å². The number of aromatic amines is 1. The minimum atomic E-state index is -1.05. The monoisotopic (exact) mass is 318 g/mol. The Bertz CT molecular complexity index is 875. The number of benzene rings is 1. The summed E-state index contributed by atoms with van der Waals surface area (Å²) in [5, 5.41) is 16.5. The van der Waals surface area contributed by atoms with Crippen LogP contribution in [0.5, 0.6) is 5.75 Å². The molecule has 1 aromatic carbocycles. The highest BCUT2D eigenvalue weighted by atomic mass is 35.5. The lowest BCUT2D eigenvalue weighted by molar-refractivity contribution is -0.127. The van der Waals surface area contributed by atoms with Gasteiger partial charge >= 0.3 is 0 Å². The number of β-lactam (4-membered cyclic amide) rings is 1. The summed E-state index contributed by atoms with van der Waals surface area (Å²) in [5.74, 6) is 0.121. The van der Waals surface area contributed by atoms with Crippen LogP contribution in [0.4, 0.5) is 5.95 Å². The van der Waals surface area contributed by atoms with E-state index in [-0.39, 0.29) is 23.4 Å². The summed E-state index contributed by atoms with van der Waals surface area (Å²) >= 11 is 6.23. The van der Waals surface area contributed by atoms with Crippen molar-refractivity contribution < 1.29 is 14.3 Å². The van der Waals surface area contributed by atoms with Gasteiger partial charge < -0.3 is 9.52 Å². The number of fused-ring (bicyclic) bond motifs is 1. The number of amides is 1. The average molecular weight is 319 g/mol. The number of hydrogen-bond acceptors (Lipinski definition) is 5. The largest absolute Gasteiger partial charge is 0.504 e. The molecule has 1 saturated heterocycles. The van der Waals surface area contributed by atoms with Crippen LogP contribution in [0.15, 0.2) is 35.0 Å². The molecule has 112 valence electrons. The lowest BCUT2D eigenvalue weighted by Crippen LogP contribution is -2.69. The SMILES string of the molecule is CC1(c2oc3ccccc3c2O)C(Cl)C(=O)N1c1ncn[nH]1. The third-order valence-corrected chi connectivity index (χ3v) is 4.65. The highest BCUT2D eigenvalue weighted by Crippen LogP contribution is 2.51. The summed E-state index contributed by atoms with van der Waals surface area (Å²) in [5.41, 5.74) is -0.529. The van der Waals surface area contributed by atoms with Crippen molar-refractivity contribution in [1.82, 2.24) is 15.2 Å². The van der Waals surface area contributed by atoms with E-state index in [0.29, 0.717) is 11.0 Å². The predicted octanol–water partition coefficient (Wildman–Crippen LogP) is 2.13. The molecular weight excluding hydrogens is 308 g/mol. The first-order valence-electron chi connectivity index (χ1n) is 6.59. The Morgan fingerprint density at radius 1 is 1.45 bits per heavy atom. The molecule has 4 rings (SSSR count). The molecule has 3 aromatic rings. The molecule has 8 heteroatoms. The molecule has 2 atom stereocenters. The molecule has 0 bridgehead atoms. The number of alkyl halides is 1. The molecule has 2 N–H and O–H groups in total. The number of aromatic hydroxyl groups is 1. The maximum atomic E-state index is 12.2. The molecule has 0 saturated carbocycles. The molecule has 1 amide bonds. The number of rotatable bonds is 2. The van der Waals surface area contributed by atoms with E-state index in [1.165, 1.54) is 11.2 Å². The van der Waals surface area contributed by atoms with Gasteiger partial charge in [0.2, 0.25) is 5.95 Å². The minimum Gasteiger partial charge on any atom is -0.504 e. The van der Waals surface area contributed by atoms with Crippen LogP contribution < -0.4 is 4.90 Å². The van der Waals surface area contributed by atoms with E-state index in [4.69, 9.17) is 16.0 Å². The van der Waals surface area contributed by atoms with Gasteiger partial charge in [-0.25, -0.2) is 5.10 Å². The zero-order valence-corrected chi connectivity index (χ0v) is 12.2. The Kier molecular flexibility index (Phi) is 2.53. The standard InChI is InChI=1S/C14H11ClN4O3/c1-14(10(15)12(21)19(14)13-16-6-17-18-13)11-9(20)7-4-2-3-5-8(7)22-11/h2-6,10,20H,1H3,(H,16,17,18). The summed E-state index contributed by atoms with van der Waals surface area (Å²) in [6, 6.07) is 7.08. The fourth-order valence-electron chi connectivity index (χ4n) is 2.85. The average Bonchev–Trinajstić information content (AvgIpc) is 3.16. The summed E-state index contributed by atoms with van der Waals surface area (Å²) < 4.78 is 5.76. The predicted molar refractivity (Wildman–Crippen MR) is 78.7 cm³/mol. The zero-order valence-electron chi connectivity index (χ0n) is 11.4. The van der Waals surface area contributed by atoms with Crippen molar-refractivity contribution in [3.05, 3.63) is 36.4 Å². The highest BCUT2D eigenvalue weighted by Gasteiger charge is 2.62. The number of carbonyl (C=O) groups is 1. The first kappa shape index (κ1) is 13.1. The van der Waals surface area contributed by atoms with Gasteiger partial charge in [-0.1, -0.05) is 12.1 Å². The summed E-state index contributed by atoms with van der Waals surface area (Å²) in [7, 11) is 0. The minimum absolute atomic E-state index is 0.0271. The second-order valence-electron chi connectivity index (χ2n) is 5.27. The van der Waals surface area contributed by atoms with Crippen LogP contribution in [0.2, 0.25) is 0 Å². The van der Waals surface area contributed by atoms with E-state index < -0.39 is 10.9 Å². The van der Waals surface area contributed by atoms with Gasteiger partial charge in [-0.3, -0.25) is 9.69 Å². The maximum absolute atomic E-state index is 12.2. The number of hydrogen-bond donors (Lipinski definition) is 2. The number of anilines is 1. The van der Waals surface area contributed by atoms with Gasteiger partial charge in [0, 0.05) is 0 Å². The highest BCUT2D eigenvalue weighted by molar-refractivity contribution is 6.38. The molecule has 0 radical (unpaired) electrons. The van der Waals surface area contributed by atoms with Gasteiger partial charge in [-0.2, -0.15) is 10.1 Å². The van der Waals surface area contributed by atoms with E-state index in [9.17, 15) is 9.90 Å². The number of furan rings is 1. The fourth-order valence-corrected chi connectivity index (χ4v) is 3.15. The number of carbonyl (C=O) groups excluding carboxylic acids is 1. The number of aromatic nitrogens is 3. The second kappa shape index (κ2) is 4.23. The molecule has 22 heavy (non-hydrogen) atoms. The van der Waals surface area contributed by atoms with Crippen LogP contribution in [-0.4, -0.2) is 31.6 Å². The first-order chi connectivity index (χ1) is 10.5. The van der Waals surface area contributed by atoms with Crippen molar-refractivity contribution in [2.75, 3.05) is 4.90 Å². The Morgan fingerprint density at radius 2 is 2.23 bits per heavy atom. The second-order valence-corrected chi connectivity index (χ2v) is 5.71. The van der Waals surface area contributed by atoms with Crippen LogP contribution in [0.1, 0.15) is 12.7 Å². The van der Waals surface area contributed by atoms with Gasteiger partial charge in [-0.05, 0) is 19.1 Å². The Hall–Kier alpha value is -2.54.